The summed E-state index contributed by atoms with van der Waals surface area (Å²) in [4.78, 5) is 0. The highest BCUT2D eigenvalue weighted by Crippen LogP contribution is 2.61. The second kappa shape index (κ2) is 6.82. The van der Waals surface area contributed by atoms with Crippen LogP contribution in [0.4, 0.5) is 0 Å². The normalized spacial score (nSPS) is 14.5. The summed E-state index contributed by atoms with van der Waals surface area (Å²) in [6, 6.07) is 0. The molecule has 0 saturated carbocycles. The lowest BCUT2D eigenvalue weighted by molar-refractivity contribution is 0.657. The SMILES string of the molecule is CCCCC(CC)[P+](C)(CC)CC. The molecule has 0 rings (SSSR count). The van der Waals surface area contributed by atoms with E-state index in [1.807, 2.05) is 0 Å². The van der Waals surface area contributed by atoms with Crippen molar-refractivity contribution in [2.24, 2.45) is 0 Å². The third-order valence-electron chi connectivity index (χ3n) is 3.69. The molecule has 13 heavy (non-hydrogen) atoms. The Labute approximate surface area is 85.8 Å². The third-order valence-corrected chi connectivity index (χ3v) is 8.96. The summed E-state index contributed by atoms with van der Waals surface area (Å²) in [6.07, 6.45) is 8.60. The maximum absolute atomic E-state index is 2.58. The summed E-state index contributed by atoms with van der Waals surface area (Å²) in [7, 11) is -0.571. The van der Waals surface area contributed by atoms with Crippen molar-refractivity contribution < 1.29 is 0 Å². The Balaban J connectivity index is 4.16. The average molecular weight is 203 g/mol. The predicted molar refractivity (Wildman–Crippen MR) is 67.5 cm³/mol. The van der Waals surface area contributed by atoms with Gasteiger partial charge in [0.05, 0.1) is 18.0 Å². The molecule has 0 fully saturated rings. The van der Waals surface area contributed by atoms with Crippen molar-refractivity contribution in [1.29, 1.82) is 0 Å². The average Bonchev–Trinajstić information content (AvgIpc) is 2.18. The molecule has 0 heterocycles. The molecule has 0 spiro atoms. The third kappa shape index (κ3) is 3.98. The molecule has 0 bridgehead atoms. The molecule has 1 heteroatoms. The number of hydrogen-bond acceptors (Lipinski definition) is 0. The molecule has 0 amide bonds. The van der Waals surface area contributed by atoms with Crippen molar-refractivity contribution in [1.82, 2.24) is 0 Å². The second-order valence-electron chi connectivity index (χ2n) is 4.32. The highest BCUT2D eigenvalue weighted by atomic mass is 31.2. The Kier molecular flexibility index (Phi) is 7.05. The van der Waals surface area contributed by atoms with Gasteiger partial charge in [-0.3, -0.25) is 0 Å². The molecule has 0 aromatic heterocycles. The van der Waals surface area contributed by atoms with Crippen LogP contribution >= 0.6 is 7.26 Å². The zero-order valence-corrected chi connectivity index (χ0v) is 11.2. The first-order chi connectivity index (χ1) is 6.14. The van der Waals surface area contributed by atoms with Gasteiger partial charge in [0, 0.05) is 13.9 Å². The van der Waals surface area contributed by atoms with Crippen LogP contribution in [0.1, 0.15) is 53.4 Å². The van der Waals surface area contributed by atoms with E-state index < -0.39 is 7.26 Å². The van der Waals surface area contributed by atoms with Gasteiger partial charge in [-0.25, -0.2) is 0 Å². The van der Waals surface area contributed by atoms with E-state index in [9.17, 15) is 0 Å². The van der Waals surface area contributed by atoms with Gasteiger partial charge in [0.1, 0.15) is 0 Å². The van der Waals surface area contributed by atoms with Crippen LogP contribution in [-0.4, -0.2) is 24.6 Å². The van der Waals surface area contributed by atoms with Crippen LogP contribution in [0, 0.1) is 0 Å². The smallest absolute Gasteiger partial charge is 0.0654 e. The lowest BCUT2D eigenvalue weighted by Gasteiger charge is -2.29. The van der Waals surface area contributed by atoms with Gasteiger partial charge in [0.15, 0.2) is 0 Å². The molecular formula is C12H28P+. The Morgan fingerprint density at radius 1 is 1.00 bits per heavy atom. The van der Waals surface area contributed by atoms with E-state index in [1.165, 1.54) is 38.0 Å². The van der Waals surface area contributed by atoms with Gasteiger partial charge in [-0.1, -0.05) is 20.3 Å². The lowest BCUT2D eigenvalue weighted by atomic mass is 10.2. The summed E-state index contributed by atoms with van der Waals surface area (Å²) in [6.45, 7) is 12.1. The van der Waals surface area contributed by atoms with Crippen molar-refractivity contribution in [3.8, 4) is 0 Å². The van der Waals surface area contributed by atoms with Crippen molar-refractivity contribution in [2.45, 2.75) is 59.0 Å². The van der Waals surface area contributed by atoms with Crippen molar-refractivity contribution in [3.63, 3.8) is 0 Å². The molecule has 1 unspecified atom stereocenters. The molecule has 0 aromatic rings. The lowest BCUT2D eigenvalue weighted by Crippen LogP contribution is -2.16. The van der Waals surface area contributed by atoms with Crippen molar-refractivity contribution in [3.05, 3.63) is 0 Å². The molecule has 0 nitrogen and oxygen atoms in total. The first-order valence-electron chi connectivity index (χ1n) is 5.98. The van der Waals surface area contributed by atoms with Crippen LogP contribution in [0.5, 0.6) is 0 Å². The van der Waals surface area contributed by atoms with Gasteiger partial charge in [0.2, 0.25) is 0 Å². The Hall–Kier alpha value is 0.430. The van der Waals surface area contributed by atoms with Crippen LogP contribution in [0.2, 0.25) is 0 Å². The molecule has 0 aromatic carbocycles. The van der Waals surface area contributed by atoms with Crippen LogP contribution in [0.15, 0.2) is 0 Å². The van der Waals surface area contributed by atoms with Crippen LogP contribution in [-0.2, 0) is 0 Å². The highest BCUT2D eigenvalue weighted by molar-refractivity contribution is 7.75. The number of hydrogen-bond donors (Lipinski definition) is 0. The highest BCUT2D eigenvalue weighted by Gasteiger charge is 2.35. The fourth-order valence-electron chi connectivity index (χ4n) is 2.14. The minimum atomic E-state index is -0.571. The summed E-state index contributed by atoms with van der Waals surface area (Å²) >= 11 is 0. The quantitative estimate of drug-likeness (QED) is 0.529. The predicted octanol–water partition coefficient (Wildman–Crippen LogP) is 4.64. The van der Waals surface area contributed by atoms with Gasteiger partial charge in [-0.15, -0.1) is 0 Å². The minimum Gasteiger partial charge on any atom is -0.0654 e. The van der Waals surface area contributed by atoms with Gasteiger partial charge >= 0.3 is 0 Å². The topological polar surface area (TPSA) is 0 Å². The van der Waals surface area contributed by atoms with E-state index in [2.05, 4.69) is 34.4 Å². The number of rotatable bonds is 7. The Morgan fingerprint density at radius 3 is 1.85 bits per heavy atom. The van der Waals surface area contributed by atoms with E-state index >= 15 is 0 Å². The molecule has 0 radical (unpaired) electrons. The molecule has 1 atom stereocenters. The molecule has 80 valence electrons. The maximum atomic E-state index is 2.58. The molecular weight excluding hydrogens is 175 g/mol. The van der Waals surface area contributed by atoms with Crippen LogP contribution in [0.25, 0.3) is 0 Å². The number of unbranched alkanes of at least 4 members (excludes halogenated alkanes) is 1. The Bertz CT molecular complexity index is 116. The molecule has 0 N–H and O–H groups in total. The van der Waals surface area contributed by atoms with E-state index in [4.69, 9.17) is 0 Å². The van der Waals surface area contributed by atoms with Crippen LogP contribution < -0.4 is 0 Å². The maximum Gasteiger partial charge on any atom is 0.0692 e. The van der Waals surface area contributed by atoms with Crippen LogP contribution in [0.3, 0.4) is 0 Å². The molecule has 0 aliphatic rings. The zero-order chi connectivity index (χ0) is 10.3. The van der Waals surface area contributed by atoms with Gasteiger partial charge in [0.25, 0.3) is 0 Å². The fourth-order valence-corrected chi connectivity index (χ4v) is 5.30. The van der Waals surface area contributed by atoms with Crippen molar-refractivity contribution in [2.75, 3.05) is 19.0 Å². The fraction of sp³-hybridized carbons (Fsp3) is 1.00. The van der Waals surface area contributed by atoms with Gasteiger partial charge in [-0.05, 0) is 33.1 Å². The Morgan fingerprint density at radius 2 is 1.54 bits per heavy atom. The summed E-state index contributed by atoms with van der Waals surface area (Å²) in [5.74, 6) is 0. The van der Waals surface area contributed by atoms with E-state index in [0.717, 1.165) is 5.66 Å². The molecule has 0 saturated heterocycles. The molecule has 0 aliphatic carbocycles. The van der Waals surface area contributed by atoms with Crippen molar-refractivity contribution >= 4 is 7.26 Å². The first kappa shape index (κ1) is 13.4. The van der Waals surface area contributed by atoms with Gasteiger partial charge < -0.3 is 0 Å². The monoisotopic (exact) mass is 203 g/mol. The minimum absolute atomic E-state index is 0.571. The first-order valence-corrected chi connectivity index (χ1v) is 8.66. The van der Waals surface area contributed by atoms with Gasteiger partial charge in [-0.2, -0.15) is 0 Å². The zero-order valence-electron chi connectivity index (χ0n) is 10.3. The largest absolute Gasteiger partial charge is 0.0692 e. The van der Waals surface area contributed by atoms with E-state index in [-0.39, 0.29) is 0 Å². The second-order valence-corrected chi connectivity index (χ2v) is 9.27. The standard InChI is InChI=1S/C12H28P/c1-6-10-11-12(7-2)13(5,8-3)9-4/h12H,6-11H2,1-5H3/q+1. The summed E-state index contributed by atoms with van der Waals surface area (Å²) in [5, 5.41) is 0. The summed E-state index contributed by atoms with van der Waals surface area (Å²) < 4.78 is 0. The van der Waals surface area contributed by atoms with E-state index in [1.54, 1.807) is 0 Å². The van der Waals surface area contributed by atoms with E-state index in [0.29, 0.717) is 0 Å². The summed E-state index contributed by atoms with van der Waals surface area (Å²) in [5.41, 5.74) is 1.06. The molecule has 0 aliphatic heterocycles.